The molecule has 4 nitrogen and oxygen atoms in total. The second-order valence-electron chi connectivity index (χ2n) is 5.04. The van der Waals surface area contributed by atoms with E-state index in [1.807, 2.05) is 38.8 Å². The van der Waals surface area contributed by atoms with Crippen LogP contribution in [0.1, 0.15) is 31.0 Å². The standard InChI is InChI=1S/C16H21FN4/c1-5-18-16-19-10-11(2)15(20-16)21(4)12(3)13-8-6-7-9-14(13)17/h6-10,12H,5H2,1-4H3,(H,18,19,20). The predicted molar refractivity (Wildman–Crippen MR) is 84.2 cm³/mol. The summed E-state index contributed by atoms with van der Waals surface area (Å²) in [6.07, 6.45) is 1.78. The summed E-state index contributed by atoms with van der Waals surface area (Å²) in [5.41, 5.74) is 1.62. The first-order valence-corrected chi connectivity index (χ1v) is 7.09. The first-order valence-electron chi connectivity index (χ1n) is 7.09. The number of rotatable bonds is 5. The van der Waals surface area contributed by atoms with Crippen molar-refractivity contribution in [2.45, 2.75) is 26.8 Å². The van der Waals surface area contributed by atoms with E-state index in [0.29, 0.717) is 11.5 Å². The van der Waals surface area contributed by atoms with Gasteiger partial charge in [0.2, 0.25) is 5.95 Å². The summed E-state index contributed by atoms with van der Waals surface area (Å²) >= 11 is 0. The van der Waals surface area contributed by atoms with E-state index in [1.165, 1.54) is 6.07 Å². The molecule has 2 aromatic rings. The number of aromatic nitrogens is 2. The van der Waals surface area contributed by atoms with Crippen molar-refractivity contribution in [3.8, 4) is 0 Å². The van der Waals surface area contributed by atoms with Gasteiger partial charge >= 0.3 is 0 Å². The monoisotopic (exact) mass is 288 g/mol. The molecule has 1 N–H and O–H groups in total. The summed E-state index contributed by atoms with van der Waals surface area (Å²) in [6, 6.07) is 6.72. The Labute approximate surface area is 125 Å². The van der Waals surface area contributed by atoms with Gasteiger partial charge in [0.25, 0.3) is 0 Å². The number of hydrogen-bond acceptors (Lipinski definition) is 4. The van der Waals surface area contributed by atoms with Crippen molar-refractivity contribution in [3.63, 3.8) is 0 Å². The zero-order chi connectivity index (χ0) is 15.4. The lowest BCUT2D eigenvalue weighted by Crippen LogP contribution is -2.25. The number of nitrogens with one attached hydrogen (secondary N) is 1. The highest BCUT2D eigenvalue weighted by Crippen LogP contribution is 2.28. The van der Waals surface area contributed by atoms with E-state index >= 15 is 0 Å². The third kappa shape index (κ3) is 3.29. The molecule has 0 amide bonds. The lowest BCUT2D eigenvalue weighted by atomic mass is 10.1. The van der Waals surface area contributed by atoms with Crippen LogP contribution in [-0.2, 0) is 0 Å². The lowest BCUT2D eigenvalue weighted by molar-refractivity contribution is 0.583. The van der Waals surface area contributed by atoms with Gasteiger partial charge < -0.3 is 10.2 Å². The van der Waals surface area contributed by atoms with Gasteiger partial charge in [-0.05, 0) is 26.8 Å². The van der Waals surface area contributed by atoms with Crippen LogP contribution < -0.4 is 10.2 Å². The summed E-state index contributed by atoms with van der Waals surface area (Å²) in [4.78, 5) is 10.7. The van der Waals surface area contributed by atoms with Crippen molar-refractivity contribution in [2.24, 2.45) is 0 Å². The topological polar surface area (TPSA) is 41.1 Å². The molecule has 0 aliphatic carbocycles. The largest absolute Gasteiger partial charge is 0.354 e. The molecule has 0 spiro atoms. The minimum Gasteiger partial charge on any atom is -0.354 e. The van der Waals surface area contributed by atoms with Crippen LogP contribution in [0.25, 0.3) is 0 Å². The van der Waals surface area contributed by atoms with E-state index in [9.17, 15) is 4.39 Å². The van der Waals surface area contributed by atoms with Gasteiger partial charge in [-0.1, -0.05) is 18.2 Å². The van der Waals surface area contributed by atoms with Crippen LogP contribution in [0.2, 0.25) is 0 Å². The van der Waals surface area contributed by atoms with Crippen molar-refractivity contribution in [1.82, 2.24) is 9.97 Å². The molecule has 5 heteroatoms. The van der Waals surface area contributed by atoms with Gasteiger partial charge in [-0.25, -0.2) is 9.37 Å². The molecule has 0 saturated carbocycles. The highest BCUT2D eigenvalue weighted by molar-refractivity contribution is 5.50. The molecule has 1 aromatic heterocycles. The van der Waals surface area contributed by atoms with Gasteiger partial charge in [-0.3, -0.25) is 0 Å². The second-order valence-corrected chi connectivity index (χ2v) is 5.04. The molecular formula is C16H21FN4. The molecule has 1 aromatic carbocycles. The van der Waals surface area contributed by atoms with Crippen LogP contribution in [0.15, 0.2) is 30.5 Å². The minimum absolute atomic E-state index is 0.116. The van der Waals surface area contributed by atoms with E-state index < -0.39 is 0 Å². The van der Waals surface area contributed by atoms with Crippen molar-refractivity contribution in [2.75, 3.05) is 23.8 Å². The van der Waals surface area contributed by atoms with E-state index in [-0.39, 0.29) is 11.9 Å². The molecule has 21 heavy (non-hydrogen) atoms. The molecule has 0 saturated heterocycles. The maximum atomic E-state index is 13.9. The van der Waals surface area contributed by atoms with E-state index in [4.69, 9.17) is 0 Å². The van der Waals surface area contributed by atoms with Gasteiger partial charge in [-0.2, -0.15) is 4.98 Å². The molecule has 1 atom stereocenters. The van der Waals surface area contributed by atoms with Gasteiger partial charge in [0, 0.05) is 30.9 Å². The highest BCUT2D eigenvalue weighted by Gasteiger charge is 2.18. The third-order valence-electron chi connectivity index (χ3n) is 3.55. The van der Waals surface area contributed by atoms with Crippen LogP contribution in [-0.4, -0.2) is 23.6 Å². The average Bonchev–Trinajstić information content (AvgIpc) is 2.48. The lowest BCUT2D eigenvalue weighted by Gasteiger charge is -2.28. The number of nitrogens with zero attached hydrogens (tertiary/aromatic N) is 3. The molecule has 0 radical (unpaired) electrons. The summed E-state index contributed by atoms with van der Waals surface area (Å²) in [5.74, 6) is 1.19. The van der Waals surface area contributed by atoms with Gasteiger partial charge in [0.05, 0.1) is 6.04 Å². The first-order chi connectivity index (χ1) is 10.0. The Kier molecular flexibility index (Phi) is 4.73. The predicted octanol–water partition coefficient (Wildman–Crippen LogP) is 3.55. The Morgan fingerprint density at radius 1 is 1.33 bits per heavy atom. The molecule has 0 aliphatic rings. The Balaban J connectivity index is 2.33. The number of halogens is 1. The van der Waals surface area contributed by atoms with Crippen LogP contribution in [0.3, 0.4) is 0 Å². The van der Waals surface area contributed by atoms with Gasteiger partial charge in [0.1, 0.15) is 11.6 Å². The average molecular weight is 288 g/mol. The smallest absolute Gasteiger partial charge is 0.224 e. The van der Waals surface area contributed by atoms with Gasteiger partial charge in [-0.15, -0.1) is 0 Å². The van der Waals surface area contributed by atoms with Gasteiger partial charge in [0.15, 0.2) is 0 Å². The van der Waals surface area contributed by atoms with Crippen LogP contribution in [0.4, 0.5) is 16.2 Å². The maximum Gasteiger partial charge on any atom is 0.224 e. The summed E-state index contributed by atoms with van der Waals surface area (Å²) in [6.45, 7) is 6.67. The number of aryl methyl sites for hydroxylation is 1. The van der Waals surface area contributed by atoms with Crippen LogP contribution in [0.5, 0.6) is 0 Å². The molecule has 0 aliphatic heterocycles. The van der Waals surface area contributed by atoms with Crippen molar-refractivity contribution in [3.05, 3.63) is 47.4 Å². The summed E-state index contributed by atoms with van der Waals surface area (Å²) in [5, 5.41) is 3.10. The fraction of sp³-hybridized carbons (Fsp3) is 0.375. The van der Waals surface area contributed by atoms with Crippen molar-refractivity contribution in [1.29, 1.82) is 0 Å². The molecule has 112 valence electrons. The molecular weight excluding hydrogens is 267 g/mol. The normalized spacial score (nSPS) is 12.0. The fourth-order valence-electron chi connectivity index (χ4n) is 2.24. The van der Waals surface area contributed by atoms with Crippen molar-refractivity contribution < 1.29 is 4.39 Å². The van der Waals surface area contributed by atoms with Crippen molar-refractivity contribution >= 4 is 11.8 Å². The van der Waals surface area contributed by atoms with E-state index in [2.05, 4.69) is 15.3 Å². The Bertz CT molecular complexity index is 615. The number of benzene rings is 1. The summed E-state index contributed by atoms with van der Waals surface area (Å²) in [7, 11) is 1.92. The molecule has 2 rings (SSSR count). The Morgan fingerprint density at radius 3 is 2.71 bits per heavy atom. The quantitative estimate of drug-likeness (QED) is 0.913. The Morgan fingerprint density at radius 2 is 2.05 bits per heavy atom. The summed E-state index contributed by atoms with van der Waals surface area (Å²) < 4.78 is 13.9. The fourth-order valence-corrected chi connectivity index (χ4v) is 2.24. The van der Waals surface area contributed by atoms with Crippen LogP contribution >= 0.6 is 0 Å². The zero-order valence-electron chi connectivity index (χ0n) is 12.9. The zero-order valence-corrected chi connectivity index (χ0v) is 12.9. The van der Waals surface area contributed by atoms with E-state index in [0.717, 1.165) is 17.9 Å². The number of anilines is 2. The van der Waals surface area contributed by atoms with Crippen LogP contribution in [0, 0.1) is 12.7 Å². The number of hydrogen-bond donors (Lipinski definition) is 1. The molecule has 1 heterocycles. The third-order valence-corrected chi connectivity index (χ3v) is 3.55. The minimum atomic E-state index is -0.199. The SMILES string of the molecule is CCNc1ncc(C)c(N(C)C(C)c2ccccc2F)n1. The maximum absolute atomic E-state index is 13.9. The molecule has 0 fully saturated rings. The second kappa shape index (κ2) is 6.52. The van der Waals surface area contributed by atoms with E-state index in [1.54, 1.807) is 18.3 Å². The Hall–Kier alpha value is -2.17. The first kappa shape index (κ1) is 15.2. The molecule has 0 bridgehead atoms. The molecule has 1 unspecified atom stereocenters. The highest BCUT2D eigenvalue weighted by atomic mass is 19.1.